The monoisotopic (exact) mass is 619 g/mol. The van der Waals surface area contributed by atoms with Crippen molar-refractivity contribution in [2.75, 3.05) is 29.9 Å². The van der Waals surface area contributed by atoms with E-state index in [0.29, 0.717) is 34.7 Å². The summed E-state index contributed by atoms with van der Waals surface area (Å²) in [6.45, 7) is 0.170. The number of benzene rings is 2. The van der Waals surface area contributed by atoms with Gasteiger partial charge in [-0.2, -0.15) is 0 Å². The molecule has 0 spiro atoms. The molecule has 3 aliphatic heterocycles. The topological polar surface area (TPSA) is 136 Å². The Kier molecular flexibility index (Phi) is 10.5. The van der Waals surface area contributed by atoms with Crippen LogP contribution in [0.1, 0.15) is 6.42 Å². The van der Waals surface area contributed by atoms with E-state index in [1.807, 2.05) is 6.07 Å². The van der Waals surface area contributed by atoms with Crippen molar-refractivity contribution in [1.82, 2.24) is 15.1 Å². The summed E-state index contributed by atoms with van der Waals surface area (Å²) in [5, 5.41) is 14.8. The quantitative estimate of drug-likeness (QED) is 0.168. The number of allylic oxidation sites excluding steroid dienone is 1. The van der Waals surface area contributed by atoms with Gasteiger partial charge in [-0.3, -0.25) is 24.1 Å². The van der Waals surface area contributed by atoms with Crippen molar-refractivity contribution in [3.05, 3.63) is 83.3 Å². The Morgan fingerprint density at radius 2 is 1.79 bits per heavy atom. The Bertz CT molecular complexity index is 1470. The number of nitrogens with one attached hydrogen (secondary N) is 2. The Labute approximate surface area is 271 Å². The van der Waals surface area contributed by atoms with Crippen molar-refractivity contribution in [3.63, 3.8) is 0 Å². The second kappa shape index (κ2) is 13.9. The van der Waals surface area contributed by atoms with Gasteiger partial charge in [-0.1, -0.05) is 18.2 Å². The first-order valence-corrected chi connectivity index (χ1v) is 14.7. The molecule has 2 aromatic carbocycles. The van der Waals surface area contributed by atoms with Crippen molar-refractivity contribution < 1.29 is 33.5 Å². The van der Waals surface area contributed by atoms with Gasteiger partial charge in [-0.15, -0.1) is 23.5 Å². The van der Waals surface area contributed by atoms with Gasteiger partial charge in [0.1, 0.15) is 29.5 Å². The number of carboxylic acids is 1. The van der Waals surface area contributed by atoms with E-state index in [1.54, 1.807) is 36.4 Å². The molecule has 42 heavy (non-hydrogen) atoms. The summed E-state index contributed by atoms with van der Waals surface area (Å²) in [4.78, 5) is 66.2. The molecule has 10 nitrogen and oxygen atoms in total. The minimum absolute atomic E-state index is 0. The number of para-hydroxylation sites is 1. The van der Waals surface area contributed by atoms with E-state index >= 15 is 0 Å². The molecule has 2 atom stereocenters. The average Bonchev–Trinajstić information content (AvgIpc) is 3.29. The Hall–Kier alpha value is -3.10. The Morgan fingerprint density at radius 1 is 1.07 bits per heavy atom. The van der Waals surface area contributed by atoms with Crippen LogP contribution in [-0.2, 0) is 24.0 Å². The molecule has 3 aliphatic rings. The molecule has 0 aromatic heterocycles. The van der Waals surface area contributed by atoms with Gasteiger partial charge in [0.2, 0.25) is 17.7 Å². The first-order valence-electron chi connectivity index (χ1n) is 12.6. The molecule has 2 saturated heterocycles. The van der Waals surface area contributed by atoms with Gasteiger partial charge in [0.05, 0.1) is 5.75 Å². The number of likely N-dealkylation sites (tertiary alicyclic amines) is 1. The number of anilines is 1. The van der Waals surface area contributed by atoms with Crippen molar-refractivity contribution in [2.45, 2.75) is 22.7 Å². The molecular weight excluding hydrogens is 594 g/mol. The predicted octanol–water partition coefficient (Wildman–Crippen LogP) is 2.07. The fourth-order valence-electron chi connectivity index (χ4n) is 4.71. The number of carboxylic acid groups (broad SMARTS) is 1. The third-order valence-electron chi connectivity index (χ3n) is 6.65. The molecule has 213 valence electrons. The number of carbonyl (C=O) groups excluding carboxylic acids is 4. The number of hydrogen-bond donors (Lipinski definition) is 3. The molecule has 2 fully saturated rings. The van der Waals surface area contributed by atoms with Gasteiger partial charge < -0.3 is 20.6 Å². The summed E-state index contributed by atoms with van der Waals surface area (Å²) < 4.78 is 13.1. The van der Waals surface area contributed by atoms with Gasteiger partial charge in [0, 0.05) is 58.0 Å². The van der Waals surface area contributed by atoms with E-state index in [1.165, 1.54) is 46.6 Å². The zero-order valence-electron chi connectivity index (χ0n) is 22.5. The SMILES string of the molecule is O=C(CN1CCC(=CC2=C(C(=O)O)N3C(=O)[C@@H](NC(=O)CSc4ccc(F)cc4)[C@H]3SC2)C1=O)Nc1ccccc1.[Na]. The van der Waals surface area contributed by atoms with Crippen molar-refractivity contribution in [3.8, 4) is 0 Å². The molecule has 4 amide bonds. The van der Waals surface area contributed by atoms with Gasteiger partial charge >= 0.3 is 5.97 Å². The first kappa shape index (κ1) is 31.8. The number of amides is 4. The van der Waals surface area contributed by atoms with E-state index in [4.69, 9.17) is 0 Å². The van der Waals surface area contributed by atoms with E-state index < -0.39 is 29.2 Å². The summed E-state index contributed by atoms with van der Waals surface area (Å²) >= 11 is 2.49. The van der Waals surface area contributed by atoms with Crippen LogP contribution in [-0.4, -0.2) is 110 Å². The summed E-state index contributed by atoms with van der Waals surface area (Å²) in [5.74, 6) is -3.12. The molecule has 0 aliphatic carbocycles. The fraction of sp³-hybridized carbons (Fsp3) is 0.250. The second-order valence-corrected chi connectivity index (χ2v) is 11.6. The largest absolute Gasteiger partial charge is 0.477 e. The van der Waals surface area contributed by atoms with Crippen LogP contribution in [0.5, 0.6) is 0 Å². The second-order valence-electron chi connectivity index (χ2n) is 9.44. The van der Waals surface area contributed by atoms with Gasteiger partial charge in [-0.25, -0.2) is 9.18 Å². The number of fused-ring (bicyclic) bond motifs is 1. The number of carbonyl (C=O) groups is 5. The van der Waals surface area contributed by atoms with E-state index in [2.05, 4.69) is 10.6 Å². The Balaban J connectivity index is 0.00000405. The molecule has 14 heteroatoms. The third-order valence-corrected chi connectivity index (χ3v) is 8.97. The maximum absolute atomic E-state index is 13.1. The molecule has 3 N–H and O–H groups in total. The van der Waals surface area contributed by atoms with Crippen LogP contribution in [0.3, 0.4) is 0 Å². The van der Waals surface area contributed by atoms with Gasteiger partial charge in [-0.05, 0) is 54.5 Å². The zero-order valence-corrected chi connectivity index (χ0v) is 26.2. The van der Waals surface area contributed by atoms with E-state index in [9.17, 15) is 33.5 Å². The molecule has 1 radical (unpaired) electrons. The van der Waals surface area contributed by atoms with Crippen molar-refractivity contribution in [1.29, 1.82) is 0 Å². The van der Waals surface area contributed by atoms with Crippen molar-refractivity contribution in [2.24, 2.45) is 0 Å². The zero-order chi connectivity index (χ0) is 29.1. The summed E-state index contributed by atoms with van der Waals surface area (Å²) in [6.07, 6.45) is 1.84. The predicted molar refractivity (Wildman–Crippen MR) is 157 cm³/mol. The molecule has 0 unspecified atom stereocenters. The normalized spacial score (nSPS) is 20.5. The molecule has 0 saturated carbocycles. The molecule has 2 aromatic rings. The van der Waals surface area contributed by atoms with Crippen molar-refractivity contribution >= 4 is 88.4 Å². The van der Waals surface area contributed by atoms with Crippen LogP contribution in [0.2, 0.25) is 0 Å². The van der Waals surface area contributed by atoms with E-state index in [-0.39, 0.29) is 70.9 Å². The molecular formula is C28H25FN4NaO6S2. The number of thioether (sulfide) groups is 2. The van der Waals surface area contributed by atoms with Crippen LogP contribution in [0.25, 0.3) is 0 Å². The number of hydrogen-bond acceptors (Lipinski definition) is 7. The first-order chi connectivity index (χ1) is 19.7. The molecule has 5 rings (SSSR count). The smallest absolute Gasteiger partial charge is 0.352 e. The van der Waals surface area contributed by atoms with Crippen LogP contribution in [0.15, 0.2) is 82.4 Å². The molecule has 0 bridgehead atoms. The molecule has 3 heterocycles. The van der Waals surface area contributed by atoms with Gasteiger partial charge in [0.15, 0.2) is 0 Å². The third kappa shape index (κ3) is 7.09. The van der Waals surface area contributed by atoms with Crippen LogP contribution >= 0.6 is 23.5 Å². The standard InChI is InChI=1S/C28H25FN4O6S2.Na/c29-18-6-8-20(9-7-18)40-15-22(35)31-23-26(37)33-24(28(38)39)17(14-41-27(23)33)12-16-10-11-32(25(16)36)13-21(34)30-19-4-2-1-3-5-19;/h1-9,12,23,27H,10-11,13-15H2,(H,30,34)(H,31,35)(H,38,39);/t23-,27-;/m1./s1. The van der Waals surface area contributed by atoms with Crippen LogP contribution in [0, 0.1) is 5.82 Å². The number of aliphatic carboxylic acids is 1. The summed E-state index contributed by atoms with van der Waals surface area (Å²) in [7, 11) is 0. The minimum atomic E-state index is -1.31. The van der Waals surface area contributed by atoms with Gasteiger partial charge in [0.25, 0.3) is 5.91 Å². The van der Waals surface area contributed by atoms with Crippen LogP contribution in [0.4, 0.5) is 10.1 Å². The number of halogens is 1. The average molecular weight is 620 g/mol. The summed E-state index contributed by atoms with van der Waals surface area (Å²) in [6, 6.07) is 13.7. The Morgan fingerprint density at radius 3 is 2.48 bits per heavy atom. The van der Waals surface area contributed by atoms with Crippen LogP contribution < -0.4 is 10.6 Å². The summed E-state index contributed by atoms with van der Waals surface area (Å²) in [5.41, 5.74) is 1.08. The number of rotatable bonds is 9. The number of nitrogens with zero attached hydrogens (tertiary/aromatic N) is 2. The minimum Gasteiger partial charge on any atom is -0.477 e. The van der Waals surface area contributed by atoms with E-state index in [0.717, 1.165) is 4.90 Å². The number of β-lactam (4-membered cyclic amide) rings is 1. The maximum atomic E-state index is 13.1. The fourth-order valence-corrected chi connectivity index (χ4v) is 6.72. The maximum Gasteiger partial charge on any atom is 0.352 e.